The first kappa shape index (κ1) is 12.4. The van der Waals surface area contributed by atoms with Crippen LogP contribution in [0.25, 0.3) is 10.9 Å². The van der Waals surface area contributed by atoms with Crippen molar-refractivity contribution in [1.29, 1.82) is 0 Å². The van der Waals surface area contributed by atoms with E-state index in [0.717, 1.165) is 22.0 Å². The van der Waals surface area contributed by atoms with E-state index in [9.17, 15) is 4.79 Å². The summed E-state index contributed by atoms with van der Waals surface area (Å²) in [5, 5.41) is 5.02. The Morgan fingerprint density at radius 3 is 2.80 bits per heavy atom. The summed E-state index contributed by atoms with van der Waals surface area (Å²) in [4.78, 5) is 12.1. The molecule has 3 aromatic rings. The molecule has 1 aromatic heterocycles. The van der Waals surface area contributed by atoms with Crippen LogP contribution in [0.4, 0.5) is 4.79 Å². The highest BCUT2D eigenvalue weighted by Crippen LogP contribution is 2.15. The van der Waals surface area contributed by atoms with Gasteiger partial charge in [0.05, 0.1) is 11.7 Å². The van der Waals surface area contributed by atoms with Crippen LogP contribution in [0.2, 0.25) is 0 Å². The Bertz CT molecular complexity index is 748. The molecule has 1 heterocycles. The van der Waals surface area contributed by atoms with Gasteiger partial charge in [0.1, 0.15) is 6.61 Å². The Morgan fingerprint density at radius 1 is 1.20 bits per heavy atom. The molecule has 0 radical (unpaired) electrons. The molecule has 0 unspecified atom stereocenters. The minimum Gasteiger partial charge on any atom is -0.443 e. The average molecular weight is 266 g/mol. The zero-order valence-electron chi connectivity index (χ0n) is 11.1. The van der Waals surface area contributed by atoms with E-state index in [1.54, 1.807) is 6.20 Å². The maximum Gasteiger partial charge on any atom is 0.435 e. The largest absolute Gasteiger partial charge is 0.443 e. The van der Waals surface area contributed by atoms with Gasteiger partial charge in [0.15, 0.2) is 0 Å². The fraction of sp³-hybridized carbons (Fsp3) is 0.125. The van der Waals surface area contributed by atoms with Gasteiger partial charge in [-0.1, -0.05) is 42.0 Å². The molecule has 2 aromatic carbocycles. The number of nitrogens with zero attached hydrogens (tertiary/aromatic N) is 2. The van der Waals surface area contributed by atoms with Gasteiger partial charge in [-0.2, -0.15) is 9.78 Å². The fourth-order valence-corrected chi connectivity index (χ4v) is 2.08. The number of carbonyl (C=O) groups excluding carboxylic acids is 1. The van der Waals surface area contributed by atoms with Crippen molar-refractivity contribution < 1.29 is 9.53 Å². The van der Waals surface area contributed by atoms with Gasteiger partial charge in [-0.15, -0.1) is 0 Å². The summed E-state index contributed by atoms with van der Waals surface area (Å²) in [6.07, 6.45) is 1.21. The quantitative estimate of drug-likeness (QED) is 0.712. The van der Waals surface area contributed by atoms with Crippen molar-refractivity contribution in [3.05, 3.63) is 65.9 Å². The summed E-state index contributed by atoms with van der Waals surface area (Å²) in [5.74, 6) is 0. The lowest BCUT2D eigenvalue weighted by Crippen LogP contribution is -2.14. The van der Waals surface area contributed by atoms with E-state index in [2.05, 4.69) is 5.10 Å². The molecule has 0 atom stereocenters. The smallest absolute Gasteiger partial charge is 0.435 e. The Balaban J connectivity index is 1.79. The van der Waals surface area contributed by atoms with Crippen molar-refractivity contribution in [1.82, 2.24) is 9.78 Å². The molecule has 0 N–H and O–H groups in total. The van der Waals surface area contributed by atoms with E-state index < -0.39 is 6.09 Å². The number of benzene rings is 2. The highest BCUT2D eigenvalue weighted by atomic mass is 16.6. The summed E-state index contributed by atoms with van der Waals surface area (Å²) in [6.45, 7) is 2.25. The van der Waals surface area contributed by atoms with Crippen molar-refractivity contribution in [3.63, 3.8) is 0 Å². The van der Waals surface area contributed by atoms with E-state index in [4.69, 9.17) is 4.74 Å². The van der Waals surface area contributed by atoms with Crippen LogP contribution in [0.15, 0.2) is 54.7 Å². The van der Waals surface area contributed by atoms with Gasteiger partial charge in [0.25, 0.3) is 0 Å². The van der Waals surface area contributed by atoms with E-state index in [1.165, 1.54) is 4.68 Å². The highest BCUT2D eigenvalue weighted by Gasteiger charge is 2.11. The minimum absolute atomic E-state index is 0.243. The minimum atomic E-state index is -0.465. The number of hydrogen-bond acceptors (Lipinski definition) is 3. The summed E-state index contributed by atoms with van der Waals surface area (Å²) in [7, 11) is 0. The molecular weight excluding hydrogens is 252 g/mol. The number of aromatic nitrogens is 2. The monoisotopic (exact) mass is 266 g/mol. The molecule has 0 spiro atoms. The first-order valence-electron chi connectivity index (χ1n) is 6.39. The number of fused-ring (bicyclic) bond motifs is 1. The van der Waals surface area contributed by atoms with Crippen LogP contribution >= 0.6 is 0 Å². The molecular formula is C16H14N2O2. The standard InChI is InChI=1S/C16H14N2O2/c1-12-7-8-15-14(9-12)10-17-18(15)16(19)20-11-13-5-3-2-4-6-13/h2-10H,11H2,1H3. The van der Waals surface area contributed by atoms with Crippen molar-refractivity contribution in [2.45, 2.75) is 13.5 Å². The molecule has 0 amide bonds. The predicted octanol–water partition coefficient (Wildman–Crippen LogP) is 3.53. The molecule has 0 saturated carbocycles. The Kier molecular flexibility index (Phi) is 3.21. The second-order valence-electron chi connectivity index (χ2n) is 4.66. The van der Waals surface area contributed by atoms with Gasteiger partial charge in [-0.25, -0.2) is 4.79 Å². The van der Waals surface area contributed by atoms with E-state index in [0.29, 0.717) is 0 Å². The fourth-order valence-electron chi connectivity index (χ4n) is 2.08. The second-order valence-corrected chi connectivity index (χ2v) is 4.66. The molecule has 4 nitrogen and oxygen atoms in total. The molecule has 0 aliphatic carbocycles. The Morgan fingerprint density at radius 2 is 2.00 bits per heavy atom. The average Bonchev–Trinajstić information content (AvgIpc) is 2.89. The maximum atomic E-state index is 12.1. The van der Waals surface area contributed by atoms with Gasteiger partial charge in [0, 0.05) is 5.39 Å². The van der Waals surface area contributed by atoms with Crippen LogP contribution < -0.4 is 0 Å². The molecule has 0 bridgehead atoms. The molecule has 100 valence electrons. The van der Waals surface area contributed by atoms with Gasteiger partial charge < -0.3 is 4.74 Å². The molecule has 3 rings (SSSR count). The molecule has 4 heteroatoms. The first-order chi connectivity index (χ1) is 9.74. The van der Waals surface area contributed by atoms with E-state index >= 15 is 0 Å². The third-order valence-corrected chi connectivity index (χ3v) is 3.10. The van der Waals surface area contributed by atoms with E-state index in [-0.39, 0.29) is 6.61 Å². The number of aryl methyl sites for hydroxylation is 1. The third kappa shape index (κ3) is 2.40. The second kappa shape index (κ2) is 5.17. The third-order valence-electron chi connectivity index (χ3n) is 3.10. The van der Waals surface area contributed by atoms with Crippen molar-refractivity contribution in [3.8, 4) is 0 Å². The van der Waals surface area contributed by atoms with Crippen LogP contribution in [0, 0.1) is 6.92 Å². The van der Waals surface area contributed by atoms with Gasteiger partial charge in [-0.3, -0.25) is 0 Å². The molecule has 0 aliphatic rings. The normalized spacial score (nSPS) is 10.7. The summed E-state index contributed by atoms with van der Waals surface area (Å²) >= 11 is 0. The van der Waals surface area contributed by atoms with E-state index in [1.807, 2.05) is 55.5 Å². The van der Waals surface area contributed by atoms with Crippen LogP contribution in [-0.4, -0.2) is 15.9 Å². The zero-order chi connectivity index (χ0) is 13.9. The van der Waals surface area contributed by atoms with Crippen molar-refractivity contribution in [2.75, 3.05) is 0 Å². The Labute approximate surface area is 116 Å². The molecule has 20 heavy (non-hydrogen) atoms. The number of carbonyl (C=O) groups is 1. The summed E-state index contributed by atoms with van der Waals surface area (Å²) in [5.41, 5.74) is 2.84. The van der Waals surface area contributed by atoms with Crippen molar-refractivity contribution >= 4 is 17.0 Å². The van der Waals surface area contributed by atoms with Gasteiger partial charge in [0.2, 0.25) is 0 Å². The molecule has 0 aliphatic heterocycles. The number of rotatable bonds is 2. The number of hydrogen-bond donors (Lipinski definition) is 0. The SMILES string of the molecule is Cc1ccc2c(cnn2C(=O)OCc2ccccc2)c1. The van der Waals surface area contributed by atoms with Crippen LogP contribution in [-0.2, 0) is 11.3 Å². The van der Waals surface area contributed by atoms with Gasteiger partial charge in [-0.05, 0) is 24.6 Å². The van der Waals surface area contributed by atoms with Gasteiger partial charge >= 0.3 is 6.09 Å². The zero-order valence-corrected chi connectivity index (χ0v) is 11.1. The maximum absolute atomic E-state index is 12.1. The van der Waals surface area contributed by atoms with Crippen molar-refractivity contribution in [2.24, 2.45) is 0 Å². The topological polar surface area (TPSA) is 44.1 Å². The lowest BCUT2D eigenvalue weighted by Gasteiger charge is -2.05. The highest BCUT2D eigenvalue weighted by molar-refractivity contribution is 5.87. The summed E-state index contributed by atoms with van der Waals surface area (Å²) < 4.78 is 6.56. The molecule has 0 fully saturated rings. The number of ether oxygens (including phenoxy) is 1. The van der Waals surface area contributed by atoms with Crippen LogP contribution in [0.5, 0.6) is 0 Å². The predicted molar refractivity (Wildman–Crippen MR) is 76.5 cm³/mol. The summed E-state index contributed by atoms with van der Waals surface area (Å²) in [6, 6.07) is 15.4. The van der Waals surface area contributed by atoms with Crippen LogP contribution in [0.3, 0.4) is 0 Å². The lowest BCUT2D eigenvalue weighted by molar-refractivity contribution is 0.139. The van der Waals surface area contributed by atoms with Crippen LogP contribution in [0.1, 0.15) is 11.1 Å². The first-order valence-corrected chi connectivity index (χ1v) is 6.39. The Hall–Kier alpha value is -2.62. The lowest BCUT2D eigenvalue weighted by atomic mass is 10.2. The molecule has 0 saturated heterocycles.